The number of carbonyl (C=O) groups excluding carboxylic acids is 3. The van der Waals surface area contributed by atoms with Gasteiger partial charge in [-0.1, -0.05) is 30.3 Å². The Hall–Kier alpha value is -5.33. The highest BCUT2D eigenvalue weighted by molar-refractivity contribution is 6.02. The van der Waals surface area contributed by atoms with Gasteiger partial charge in [-0.05, 0) is 29.3 Å². The summed E-state index contributed by atoms with van der Waals surface area (Å²) in [5.74, 6) is -2.11. The summed E-state index contributed by atoms with van der Waals surface area (Å²) in [4.78, 5) is 63.5. The van der Waals surface area contributed by atoms with Crippen LogP contribution in [0.25, 0.3) is 6.08 Å². The van der Waals surface area contributed by atoms with Crippen LogP contribution in [-0.4, -0.2) is 61.9 Å². The quantitative estimate of drug-likeness (QED) is 0.190. The third-order valence-electron chi connectivity index (χ3n) is 5.89. The summed E-state index contributed by atoms with van der Waals surface area (Å²) in [6, 6.07) is 11.9. The van der Waals surface area contributed by atoms with Crippen molar-refractivity contribution in [2.24, 2.45) is 0 Å². The molecule has 13 nitrogen and oxygen atoms in total. The molecule has 1 heterocycles. The third kappa shape index (κ3) is 7.01. The number of methoxy groups -OCH3 is 4. The lowest BCUT2D eigenvalue weighted by Gasteiger charge is -2.16. The molecular formula is C28H29N3O10. The Morgan fingerprint density at radius 1 is 0.902 bits per heavy atom. The highest BCUT2D eigenvalue weighted by atomic mass is 16.5. The van der Waals surface area contributed by atoms with Crippen LogP contribution in [0.5, 0.6) is 17.2 Å². The Morgan fingerprint density at radius 3 is 2.10 bits per heavy atom. The van der Waals surface area contributed by atoms with Crippen molar-refractivity contribution in [1.82, 2.24) is 9.13 Å². The standard InChI is InChI=1S/C28H29N3O10/c1-37-20-12-18(13-21(38-2)25(20)40-4)10-11-22(33)41-16-19(32)24-26(29)30(14-17-8-6-5-7-9-17)28(36)31(27(24)35)15-23(34)39-3/h5-13H,14-16,29H2,1-4H3. The summed E-state index contributed by atoms with van der Waals surface area (Å²) in [7, 11) is 5.43. The largest absolute Gasteiger partial charge is 0.493 e. The van der Waals surface area contributed by atoms with E-state index < -0.39 is 53.5 Å². The second-order valence-electron chi connectivity index (χ2n) is 8.40. The van der Waals surface area contributed by atoms with Gasteiger partial charge in [0, 0.05) is 6.08 Å². The molecule has 0 bridgehead atoms. The molecular weight excluding hydrogens is 538 g/mol. The van der Waals surface area contributed by atoms with E-state index in [0.717, 1.165) is 17.8 Å². The number of nitrogens with zero attached hydrogens (tertiary/aromatic N) is 2. The topological polar surface area (TPSA) is 167 Å². The lowest BCUT2D eigenvalue weighted by Crippen LogP contribution is -2.46. The van der Waals surface area contributed by atoms with Crippen molar-refractivity contribution in [2.75, 3.05) is 40.8 Å². The van der Waals surface area contributed by atoms with Gasteiger partial charge in [0.25, 0.3) is 5.56 Å². The van der Waals surface area contributed by atoms with E-state index >= 15 is 0 Å². The second-order valence-corrected chi connectivity index (χ2v) is 8.40. The van der Waals surface area contributed by atoms with Crippen LogP contribution in [0.1, 0.15) is 21.5 Å². The van der Waals surface area contributed by atoms with E-state index in [4.69, 9.17) is 24.7 Å². The maximum absolute atomic E-state index is 13.1. The van der Waals surface area contributed by atoms with Crippen LogP contribution in [0.15, 0.2) is 58.1 Å². The average molecular weight is 568 g/mol. The van der Waals surface area contributed by atoms with Crippen LogP contribution in [0.3, 0.4) is 0 Å². The zero-order valence-corrected chi connectivity index (χ0v) is 22.9. The summed E-state index contributed by atoms with van der Waals surface area (Å²) in [5, 5.41) is 0. The minimum absolute atomic E-state index is 0.0927. The first-order chi connectivity index (χ1) is 19.6. The van der Waals surface area contributed by atoms with Crippen LogP contribution < -0.4 is 31.2 Å². The first kappa shape index (κ1) is 30.2. The summed E-state index contributed by atoms with van der Waals surface area (Å²) in [6.07, 6.45) is 2.46. The lowest BCUT2D eigenvalue weighted by molar-refractivity contribution is -0.141. The monoisotopic (exact) mass is 567 g/mol. The van der Waals surface area contributed by atoms with Crippen molar-refractivity contribution >= 4 is 29.6 Å². The van der Waals surface area contributed by atoms with Gasteiger partial charge in [0.15, 0.2) is 18.1 Å². The number of aromatic nitrogens is 2. The Balaban J connectivity index is 1.88. The van der Waals surface area contributed by atoms with Crippen LogP contribution in [-0.2, 0) is 32.2 Å². The van der Waals surface area contributed by atoms with E-state index in [2.05, 4.69) is 4.74 Å². The number of Topliss-reactive ketones (excluding diaryl/α,β-unsaturated/α-hetero) is 1. The number of hydrogen-bond donors (Lipinski definition) is 1. The number of anilines is 1. The Bertz CT molecular complexity index is 1560. The molecule has 41 heavy (non-hydrogen) atoms. The molecule has 0 aliphatic rings. The number of ether oxygens (including phenoxy) is 5. The zero-order valence-electron chi connectivity index (χ0n) is 22.9. The lowest BCUT2D eigenvalue weighted by atomic mass is 10.1. The van der Waals surface area contributed by atoms with Gasteiger partial charge in [-0.2, -0.15) is 0 Å². The molecule has 3 aromatic rings. The first-order valence-corrected chi connectivity index (χ1v) is 12.1. The molecule has 0 unspecified atom stereocenters. The molecule has 0 radical (unpaired) electrons. The number of rotatable bonds is 12. The van der Waals surface area contributed by atoms with Crippen LogP contribution in [0.2, 0.25) is 0 Å². The molecule has 2 N–H and O–H groups in total. The fourth-order valence-corrected chi connectivity index (χ4v) is 3.85. The molecule has 0 saturated carbocycles. The van der Waals surface area contributed by atoms with Gasteiger partial charge in [0.1, 0.15) is 17.9 Å². The normalized spacial score (nSPS) is 10.7. The molecule has 0 fully saturated rings. The van der Waals surface area contributed by atoms with Crippen LogP contribution >= 0.6 is 0 Å². The fraction of sp³-hybridized carbons (Fsp3) is 0.250. The molecule has 1 aromatic heterocycles. The molecule has 0 aliphatic carbocycles. The fourth-order valence-electron chi connectivity index (χ4n) is 3.85. The average Bonchev–Trinajstić information content (AvgIpc) is 2.98. The minimum atomic E-state index is -1.11. The number of nitrogen functional groups attached to an aromatic ring is 1. The van der Waals surface area contributed by atoms with Crippen molar-refractivity contribution in [1.29, 1.82) is 0 Å². The molecule has 216 valence electrons. The van der Waals surface area contributed by atoms with Crippen molar-refractivity contribution in [3.8, 4) is 17.2 Å². The van der Waals surface area contributed by atoms with E-state index in [-0.39, 0.29) is 6.54 Å². The van der Waals surface area contributed by atoms with E-state index in [9.17, 15) is 24.0 Å². The second kappa shape index (κ2) is 13.6. The van der Waals surface area contributed by atoms with E-state index in [1.54, 1.807) is 42.5 Å². The zero-order chi connectivity index (χ0) is 30.1. The minimum Gasteiger partial charge on any atom is -0.493 e. The van der Waals surface area contributed by atoms with Gasteiger partial charge in [-0.15, -0.1) is 0 Å². The highest BCUT2D eigenvalue weighted by Gasteiger charge is 2.25. The molecule has 2 aromatic carbocycles. The van der Waals surface area contributed by atoms with Gasteiger partial charge in [0.2, 0.25) is 11.5 Å². The summed E-state index contributed by atoms with van der Waals surface area (Å²) in [6.45, 7) is -1.70. The summed E-state index contributed by atoms with van der Waals surface area (Å²) >= 11 is 0. The number of hydrogen-bond acceptors (Lipinski definition) is 11. The highest BCUT2D eigenvalue weighted by Crippen LogP contribution is 2.38. The Labute approximate surface area is 234 Å². The number of carbonyl (C=O) groups is 3. The van der Waals surface area contributed by atoms with E-state index in [1.165, 1.54) is 27.4 Å². The van der Waals surface area contributed by atoms with E-state index in [0.29, 0.717) is 32.9 Å². The van der Waals surface area contributed by atoms with E-state index in [1.807, 2.05) is 0 Å². The number of esters is 2. The molecule has 0 atom stereocenters. The first-order valence-electron chi connectivity index (χ1n) is 12.1. The van der Waals surface area contributed by atoms with Gasteiger partial charge < -0.3 is 29.4 Å². The van der Waals surface area contributed by atoms with Gasteiger partial charge in [0.05, 0.1) is 35.0 Å². The smallest absolute Gasteiger partial charge is 0.333 e. The van der Waals surface area contributed by atoms with Crippen LogP contribution in [0, 0.1) is 0 Å². The van der Waals surface area contributed by atoms with Crippen molar-refractivity contribution < 1.29 is 38.1 Å². The van der Waals surface area contributed by atoms with Gasteiger partial charge >= 0.3 is 17.6 Å². The van der Waals surface area contributed by atoms with Crippen molar-refractivity contribution in [3.63, 3.8) is 0 Å². The number of ketones is 1. The number of nitrogens with two attached hydrogens (primary N) is 1. The Kier molecular flexibility index (Phi) is 10.1. The molecule has 0 aliphatic heterocycles. The third-order valence-corrected chi connectivity index (χ3v) is 5.89. The molecule has 13 heteroatoms. The molecule has 0 amide bonds. The predicted octanol–water partition coefficient (Wildman–Crippen LogP) is 1.28. The van der Waals surface area contributed by atoms with Crippen LogP contribution in [0.4, 0.5) is 5.82 Å². The van der Waals surface area contributed by atoms with Crippen molar-refractivity contribution in [3.05, 3.63) is 86.1 Å². The SMILES string of the molecule is COC(=O)Cn1c(=O)c(C(=O)COC(=O)C=Cc2cc(OC)c(OC)c(OC)c2)c(N)n(Cc2ccccc2)c1=O. The van der Waals surface area contributed by atoms with Crippen molar-refractivity contribution in [2.45, 2.75) is 13.1 Å². The summed E-state index contributed by atoms with van der Waals surface area (Å²) < 4.78 is 27.0. The maximum atomic E-state index is 13.1. The molecule has 0 saturated heterocycles. The maximum Gasteiger partial charge on any atom is 0.333 e. The predicted molar refractivity (Wildman–Crippen MR) is 147 cm³/mol. The van der Waals surface area contributed by atoms with Gasteiger partial charge in [-0.3, -0.25) is 19.0 Å². The Morgan fingerprint density at radius 2 is 1.54 bits per heavy atom. The number of benzene rings is 2. The van der Waals surface area contributed by atoms with Gasteiger partial charge in [-0.25, -0.2) is 14.2 Å². The summed E-state index contributed by atoms with van der Waals surface area (Å²) in [5.41, 5.74) is 4.63. The molecule has 3 rings (SSSR count). The molecule has 0 spiro atoms.